The molecule has 3 heterocycles. The maximum Gasteiger partial charge on any atom is 0.178 e. The molecule has 27 heavy (non-hydrogen) atoms. The van der Waals surface area contributed by atoms with Gasteiger partial charge in [-0.3, -0.25) is 14.8 Å². The second-order valence-corrected chi connectivity index (χ2v) is 7.85. The van der Waals surface area contributed by atoms with Gasteiger partial charge in [-0.1, -0.05) is 11.6 Å². The molecule has 1 fully saturated rings. The Morgan fingerprint density at radius 1 is 1.37 bits per heavy atom. The Kier molecular flexibility index (Phi) is 3.62. The van der Waals surface area contributed by atoms with Gasteiger partial charge in [0.1, 0.15) is 11.2 Å². The molecule has 8 heteroatoms. The predicted octanol–water partition coefficient (Wildman–Crippen LogP) is 4.84. The lowest BCUT2D eigenvalue weighted by Gasteiger charge is -2.38. The molecule has 0 radical (unpaired) electrons. The van der Waals surface area contributed by atoms with E-state index in [1.54, 1.807) is 13.1 Å². The lowest BCUT2D eigenvalue weighted by molar-refractivity contribution is 0.0162. The van der Waals surface area contributed by atoms with Gasteiger partial charge < -0.3 is 5.32 Å². The Morgan fingerprint density at radius 3 is 3.04 bits per heavy atom. The van der Waals surface area contributed by atoms with Crippen LogP contribution in [-0.4, -0.2) is 30.6 Å². The molecule has 1 saturated carbocycles. The first-order valence-electron chi connectivity index (χ1n) is 8.90. The highest BCUT2D eigenvalue weighted by Gasteiger charge is 2.40. The van der Waals surface area contributed by atoms with Crippen molar-refractivity contribution in [2.24, 2.45) is 5.92 Å². The van der Waals surface area contributed by atoms with E-state index >= 15 is 0 Å². The fourth-order valence-electron chi connectivity index (χ4n) is 3.95. The van der Waals surface area contributed by atoms with Crippen molar-refractivity contribution in [3.8, 4) is 0 Å². The second kappa shape index (κ2) is 5.92. The largest absolute Gasteiger partial charge is 0.337 e. The van der Waals surface area contributed by atoms with Crippen LogP contribution in [0.1, 0.15) is 19.8 Å². The van der Waals surface area contributed by atoms with E-state index in [4.69, 9.17) is 11.6 Å². The van der Waals surface area contributed by atoms with Gasteiger partial charge in [0.15, 0.2) is 11.0 Å². The van der Waals surface area contributed by atoms with E-state index in [1.807, 2.05) is 35.0 Å². The van der Waals surface area contributed by atoms with E-state index in [0.717, 1.165) is 27.6 Å². The van der Waals surface area contributed by atoms with Gasteiger partial charge in [0.05, 0.1) is 11.0 Å². The number of pyridine rings is 1. The predicted molar refractivity (Wildman–Crippen MR) is 104 cm³/mol. The molecular formula is C19H18ClFN6. The summed E-state index contributed by atoms with van der Waals surface area (Å²) < 4.78 is 15.6. The van der Waals surface area contributed by atoms with Crippen LogP contribution in [0.2, 0.25) is 5.15 Å². The van der Waals surface area contributed by atoms with Gasteiger partial charge in [-0.25, -0.2) is 4.39 Å². The first-order chi connectivity index (χ1) is 13.0. The van der Waals surface area contributed by atoms with Crippen LogP contribution in [0.3, 0.4) is 0 Å². The lowest BCUT2D eigenvalue weighted by atomic mass is 9.73. The van der Waals surface area contributed by atoms with Crippen molar-refractivity contribution in [3.05, 3.63) is 41.7 Å². The number of aromatic nitrogens is 5. The minimum Gasteiger partial charge on any atom is -0.337 e. The van der Waals surface area contributed by atoms with E-state index in [2.05, 4.69) is 25.6 Å². The molecule has 0 bridgehead atoms. The maximum absolute atomic E-state index is 13.7. The number of H-pyrrole nitrogens is 1. The molecule has 4 aromatic rings. The molecule has 0 aliphatic heterocycles. The third-order valence-electron chi connectivity index (χ3n) is 5.15. The van der Waals surface area contributed by atoms with Gasteiger partial charge in [0, 0.05) is 23.8 Å². The third-order valence-corrected chi connectivity index (χ3v) is 5.43. The summed E-state index contributed by atoms with van der Waals surface area (Å²) in [4.78, 5) is 4.35. The van der Waals surface area contributed by atoms with E-state index in [0.29, 0.717) is 36.3 Å². The molecule has 6 nitrogen and oxygen atoms in total. The summed E-state index contributed by atoms with van der Waals surface area (Å²) in [6.07, 6.45) is 2.88. The van der Waals surface area contributed by atoms with Crippen molar-refractivity contribution in [1.29, 1.82) is 0 Å². The number of nitrogens with one attached hydrogen (secondary N) is 2. The van der Waals surface area contributed by atoms with Gasteiger partial charge in [-0.05, 0) is 56.0 Å². The Labute approximate surface area is 159 Å². The van der Waals surface area contributed by atoms with Gasteiger partial charge in [0.2, 0.25) is 0 Å². The van der Waals surface area contributed by atoms with Gasteiger partial charge in [0.25, 0.3) is 0 Å². The molecular weight excluding hydrogens is 367 g/mol. The molecule has 1 aliphatic carbocycles. The molecule has 0 atom stereocenters. The Hall–Kier alpha value is -2.67. The number of alkyl halides is 1. The average Bonchev–Trinajstić information content (AvgIpc) is 3.15. The molecule has 0 unspecified atom stereocenters. The number of hydrogen-bond acceptors (Lipinski definition) is 4. The quantitative estimate of drug-likeness (QED) is 0.528. The van der Waals surface area contributed by atoms with E-state index in [1.165, 1.54) is 0 Å². The number of fused-ring (bicyclic) bond motifs is 2. The van der Waals surface area contributed by atoms with Gasteiger partial charge in [-0.2, -0.15) is 10.2 Å². The lowest BCUT2D eigenvalue weighted by Crippen LogP contribution is -2.38. The highest BCUT2D eigenvalue weighted by atomic mass is 35.5. The Morgan fingerprint density at radius 2 is 2.22 bits per heavy atom. The van der Waals surface area contributed by atoms with Crippen molar-refractivity contribution in [1.82, 2.24) is 25.0 Å². The minimum atomic E-state index is -1.03. The summed E-state index contributed by atoms with van der Waals surface area (Å²) in [6, 6.07) is 9.67. The summed E-state index contributed by atoms with van der Waals surface area (Å²) in [6.45, 7) is 2.34. The molecule has 0 amide bonds. The zero-order chi connectivity index (χ0) is 18.6. The smallest absolute Gasteiger partial charge is 0.178 e. The summed E-state index contributed by atoms with van der Waals surface area (Å²) in [5.41, 5.74) is 2.41. The average molecular weight is 385 g/mol. The SMILES string of the molecule is CC1(F)CC(Cn2nc(Cl)c3cc(Nc4n[nH]c5cccnc45)ccc32)C1. The first-order valence-corrected chi connectivity index (χ1v) is 9.27. The second-order valence-electron chi connectivity index (χ2n) is 7.49. The summed E-state index contributed by atoms with van der Waals surface area (Å²) in [5, 5.41) is 16.3. The molecule has 1 aliphatic rings. The minimum absolute atomic E-state index is 0.304. The number of aromatic amines is 1. The highest BCUT2D eigenvalue weighted by Crippen LogP contribution is 2.42. The van der Waals surface area contributed by atoms with Crippen LogP contribution in [0.25, 0.3) is 21.9 Å². The Balaban J connectivity index is 1.43. The number of nitrogens with zero attached hydrogens (tertiary/aromatic N) is 4. The van der Waals surface area contributed by atoms with Crippen LogP contribution in [0.5, 0.6) is 0 Å². The molecule has 0 saturated heterocycles. The van der Waals surface area contributed by atoms with Gasteiger partial charge in [-0.15, -0.1) is 0 Å². The fourth-order valence-corrected chi connectivity index (χ4v) is 4.19. The zero-order valence-corrected chi connectivity index (χ0v) is 15.5. The van der Waals surface area contributed by atoms with Crippen LogP contribution in [0.4, 0.5) is 15.9 Å². The van der Waals surface area contributed by atoms with E-state index < -0.39 is 5.67 Å². The monoisotopic (exact) mass is 384 g/mol. The van der Waals surface area contributed by atoms with Crippen molar-refractivity contribution in [3.63, 3.8) is 0 Å². The number of hydrogen-bond donors (Lipinski definition) is 2. The fraction of sp³-hybridized carbons (Fsp3) is 0.316. The summed E-state index contributed by atoms with van der Waals surface area (Å²) in [7, 11) is 0. The normalized spacial score (nSPS) is 22.3. The zero-order valence-electron chi connectivity index (χ0n) is 14.7. The van der Waals surface area contributed by atoms with Crippen LogP contribution in [0.15, 0.2) is 36.5 Å². The summed E-state index contributed by atoms with van der Waals surface area (Å²) in [5.74, 6) is 0.962. The topological polar surface area (TPSA) is 71.4 Å². The van der Waals surface area contributed by atoms with E-state index in [9.17, 15) is 4.39 Å². The molecule has 2 N–H and O–H groups in total. The van der Waals surface area contributed by atoms with Crippen LogP contribution < -0.4 is 5.32 Å². The van der Waals surface area contributed by atoms with Gasteiger partial charge >= 0.3 is 0 Å². The third kappa shape index (κ3) is 2.92. The molecule has 3 aromatic heterocycles. The van der Waals surface area contributed by atoms with E-state index in [-0.39, 0.29) is 0 Å². The van der Waals surface area contributed by atoms with Crippen molar-refractivity contribution in [2.75, 3.05) is 5.32 Å². The standard InChI is InChI=1S/C19H18ClFN6/c1-19(21)8-11(9-19)10-27-15-5-4-12(7-13(15)17(20)26-27)23-18-16-14(24-25-18)3-2-6-22-16/h2-7,11H,8-10H2,1H3,(H2,23,24,25). The number of benzene rings is 1. The van der Waals surface area contributed by atoms with Crippen LogP contribution in [0, 0.1) is 5.92 Å². The van der Waals surface area contributed by atoms with Crippen molar-refractivity contribution in [2.45, 2.75) is 32.0 Å². The van der Waals surface area contributed by atoms with Crippen LogP contribution in [-0.2, 0) is 6.54 Å². The number of rotatable bonds is 4. The number of anilines is 2. The molecule has 5 rings (SSSR count). The molecule has 0 spiro atoms. The van der Waals surface area contributed by atoms with Crippen molar-refractivity contribution < 1.29 is 4.39 Å². The highest BCUT2D eigenvalue weighted by molar-refractivity contribution is 6.34. The Bertz CT molecular complexity index is 1140. The van der Waals surface area contributed by atoms with Crippen molar-refractivity contribution >= 4 is 45.0 Å². The molecule has 1 aromatic carbocycles. The summed E-state index contributed by atoms with van der Waals surface area (Å²) >= 11 is 6.36. The maximum atomic E-state index is 13.7. The molecule has 138 valence electrons. The first kappa shape index (κ1) is 16.5. The van der Waals surface area contributed by atoms with Crippen LogP contribution >= 0.6 is 11.6 Å². The number of halogens is 2.